The van der Waals surface area contributed by atoms with Crippen LogP contribution in [0.4, 0.5) is 0 Å². The lowest BCUT2D eigenvalue weighted by atomic mass is 9.92. The van der Waals surface area contributed by atoms with Gasteiger partial charge in [0.2, 0.25) is 0 Å². The Morgan fingerprint density at radius 1 is 1.14 bits per heavy atom. The third-order valence-corrected chi connectivity index (χ3v) is 4.78. The minimum atomic E-state index is -0.341. The van der Waals surface area contributed by atoms with E-state index in [-0.39, 0.29) is 36.3 Å². The Hall–Kier alpha value is -1.59. The first-order chi connectivity index (χ1) is 10.2. The molecule has 0 spiro atoms. The molecule has 3 fully saturated rings. The van der Waals surface area contributed by atoms with Crippen molar-refractivity contribution in [2.45, 2.75) is 31.3 Å². The van der Waals surface area contributed by atoms with E-state index in [1.807, 2.05) is 24.3 Å². The summed E-state index contributed by atoms with van der Waals surface area (Å²) < 4.78 is 22.5. The molecule has 1 saturated carbocycles. The highest BCUT2D eigenvalue weighted by molar-refractivity contribution is 5.72. The van der Waals surface area contributed by atoms with Crippen molar-refractivity contribution in [3.8, 4) is 5.75 Å². The summed E-state index contributed by atoms with van der Waals surface area (Å²) >= 11 is 0. The van der Waals surface area contributed by atoms with Crippen molar-refractivity contribution in [1.29, 1.82) is 0 Å². The Labute approximate surface area is 123 Å². The standard InChI is InChI=1S/C16H18O5/c1-18-10-4-2-9(3-5-10)16-19-8-12-11-6-15(17)20-13(11)7-14(12)21-16/h2-5,11-14,16H,6-8H2,1H3/t11-,12?,13+,14-,16?/m1/s1. The van der Waals surface area contributed by atoms with Gasteiger partial charge in [0.25, 0.3) is 0 Å². The molecule has 112 valence electrons. The maximum Gasteiger partial charge on any atom is 0.306 e. The van der Waals surface area contributed by atoms with Crippen LogP contribution in [0.3, 0.4) is 0 Å². The highest BCUT2D eigenvalue weighted by Crippen LogP contribution is 2.47. The van der Waals surface area contributed by atoms with E-state index in [1.54, 1.807) is 7.11 Å². The molecule has 5 atom stereocenters. The fraction of sp³-hybridized carbons (Fsp3) is 0.562. The SMILES string of the molecule is COc1ccc(C2OCC3[C@H]4CC(=O)O[C@H]4C[C@H]3O2)cc1. The summed E-state index contributed by atoms with van der Waals surface area (Å²) in [7, 11) is 1.64. The van der Waals surface area contributed by atoms with E-state index in [0.29, 0.717) is 13.0 Å². The van der Waals surface area contributed by atoms with Gasteiger partial charge in [-0.2, -0.15) is 0 Å². The second-order valence-electron chi connectivity index (χ2n) is 5.91. The molecule has 1 aromatic rings. The van der Waals surface area contributed by atoms with E-state index in [4.69, 9.17) is 18.9 Å². The van der Waals surface area contributed by atoms with Crippen molar-refractivity contribution in [2.75, 3.05) is 13.7 Å². The van der Waals surface area contributed by atoms with Crippen molar-refractivity contribution < 1.29 is 23.7 Å². The lowest BCUT2D eigenvalue weighted by Crippen LogP contribution is -2.35. The van der Waals surface area contributed by atoms with Crippen LogP contribution in [0.5, 0.6) is 5.75 Å². The number of rotatable bonds is 2. The molecular formula is C16H18O5. The number of esters is 1. The summed E-state index contributed by atoms with van der Waals surface area (Å²) in [5.41, 5.74) is 0.989. The molecule has 0 aromatic heterocycles. The number of ether oxygens (including phenoxy) is 4. The number of hydrogen-bond donors (Lipinski definition) is 0. The molecule has 21 heavy (non-hydrogen) atoms. The molecule has 1 aliphatic carbocycles. The molecular weight excluding hydrogens is 272 g/mol. The molecule has 2 aliphatic heterocycles. The number of methoxy groups -OCH3 is 1. The molecule has 0 bridgehead atoms. The first kappa shape index (κ1) is 13.1. The second-order valence-corrected chi connectivity index (χ2v) is 5.91. The molecule has 4 rings (SSSR count). The van der Waals surface area contributed by atoms with Gasteiger partial charge < -0.3 is 18.9 Å². The second kappa shape index (κ2) is 5.00. The van der Waals surface area contributed by atoms with Gasteiger partial charge in [-0.05, 0) is 12.1 Å². The van der Waals surface area contributed by atoms with Crippen molar-refractivity contribution >= 4 is 5.97 Å². The predicted octanol–water partition coefficient (Wildman–Crippen LogP) is 2.06. The van der Waals surface area contributed by atoms with E-state index in [9.17, 15) is 4.79 Å². The van der Waals surface area contributed by atoms with Crippen LogP contribution in [0.25, 0.3) is 0 Å². The van der Waals surface area contributed by atoms with Gasteiger partial charge in [0.15, 0.2) is 6.29 Å². The van der Waals surface area contributed by atoms with Crippen LogP contribution in [0, 0.1) is 11.8 Å². The molecule has 3 aliphatic rings. The van der Waals surface area contributed by atoms with E-state index in [2.05, 4.69) is 0 Å². The van der Waals surface area contributed by atoms with Crippen LogP contribution < -0.4 is 4.74 Å². The predicted molar refractivity (Wildman–Crippen MR) is 72.7 cm³/mol. The zero-order valence-corrected chi connectivity index (χ0v) is 11.9. The lowest BCUT2D eigenvalue weighted by molar-refractivity contribution is -0.238. The van der Waals surface area contributed by atoms with Crippen LogP contribution in [-0.2, 0) is 19.0 Å². The van der Waals surface area contributed by atoms with Gasteiger partial charge in [0, 0.05) is 23.8 Å². The summed E-state index contributed by atoms with van der Waals surface area (Å²) in [6.07, 6.45) is 1.09. The van der Waals surface area contributed by atoms with Crippen molar-refractivity contribution in [1.82, 2.24) is 0 Å². The van der Waals surface area contributed by atoms with Gasteiger partial charge in [0.05, 0.1) is 26.2 Å². The van der Waals surface area contributed by atoms with E-state index < -0.39 is 0 Å². The van der Waals surface area contributed by atoms with Crippen LogP contribution in [-0.4, -0.2) is 31.9 Å². The quantitative estimate of drug-likeness (QED) is 0.780. The molecule has 0 N–H and O–H groups in total. The zero-order valence-electron chi connectivity index (χ0n) is 11.9. The number of hydrogen-bond acceptors (Lipinski definition) is 5. The monoisotopic (exact) mass is 290 g/mol. The van der Waals surface area contributed by atoms with E-state index in [1.165, 1.54) is 0 Å². The summed E-state index contributed by atoms with van der Waals surface area (Å²) in [5, 5.41) is 0. The fourth-order valence-electron chi connectivity index (χ4n) is 3.68. The Balaban J connectivity index is 1.46. The van der Waals surface area contributed by atoms with Gasteiger partial charge in [-0.1, -0.05) is 12.1 Å². The summed E-state index contributed by atoms with van der Waals surface area (Å²) in [5.74, 6) is 1.27. The average molecular weight is 290 g/mol. The number of benzene rings is 1. The smallest absolute Gasteiger partial charge is 0.306 e. The minimum absolute atomic E-state index is 0.0192. The molecule has 2 unspecified atom stereocenters. The molecule has 5 heteroatoms. The molecule has 1 aromatic carbocycles. The first-order valence-corrected chi connectivity index (χ1v) is 7.35. The minimum Gasteiger partial charge on any atom is -0.497 e. The van der Waals surface area contributed by atoms with E-state index >= 15 is 0 Å². The van der Waals surface area contributed by atoms with Gasteiger partial charge in [0.1, 0.15) is 11.9 Å². The van der Waals surface area contributed by atoms with Crippen molar-refractivity contribution in [3.63, 3.8) is 0 Å². The van der Waals surface area contributed by atoms with Crippen LogP contribution >= 0.6 is 0 Å². The highest BCUT2D eigenvalue weighted by atomic mass is 16.7. The van der Waals surface area contributed by atoms with Crippen LogP contribution in [0.2, 0.25) is 0 Å². The van der Waals surface area contributed by atoms with Gasteiger partial charge in [-0.3, -0.25) is 4.79 Å². The zero-order chi connectivity index (χ0) is 14.4. The number of carbonyl (C=O) groups is 1. The molecule has 0 radical (unpaired) electrons. The first-order valence-electron chi connectivity index (χ1n) is 7.35. The van der Waals surface area contributed by atoms with Crippen molar-refractivity contribution in [2.24, 2.45) is 11.8 Å². The lowest BCUT2D eigenvalue weighted by Gasteiger charge is -2.34. The van der Waals surface area contributed by atoms with Crippen LogP contribution in [0.15, 0.2) is 24.3 Å². The summed E-state index contributed by atoms with van der Waals surface area (Å²) in [6.45, 7) is 0.624. The molecule has 0 amide bonds. The van der Waals surface area contributed by atoms with Gasteiger partial charge >= 0.3 is 5.97 Å². The Morgan fingerprint density at radius 2 is 1.95 bits per heavy atom. The molecule has 5 nitrogen and oxygen atoms in total. The normalized spacial score (nSPS) is 37.8. The number of fused-ring (bicyclic) bond motifs is 3. The summed E-state index contributed by atoms with van der Waals surface area (Å²) in [4.78, 5) is 11.4. The number of carbonyl (C=O) groups excluding carboxylic acids is 1. The Kier molecular flexibility index (Phi) is 3.12. The van der Waals surface area contributed by atoms with E-state index in [0.717, 1.165) is 17.7 Å². The van der Waals surface area contributed by atoms with Gasteiger partial charge in [-0.25, -0.2) is 0 Å². The Bertz CT molecular complexity index is 540. The maximum atomic E-state index is 11.4. The Morgan fingerprint density at radius 3 is 2.71 bits per heavy atom. The third kappa shape index (κ3) is 2.21. The van der Waals surface area contributed by atoms with Crippen molar-refractivity contribution in [3.05, 3.63) is 29.8 Å². The molecule has 2 saturated heterocycles. The highest BCUT2D eigenvalue weighted by Gasteiger charge is 2.53. The largest absolute Gasteiger partial charge is 0.497 e. The maximum absolute atomic E-state index is 11.4. The molecule has 2 heterocycles. The topological polar surface area (TPSA) is 54.0 Å². The van der Waals surface area contributed by atoms with Gasteiger partial charge in [-0.15, -0.1) is 0 Å². The fourth-order valence-corrected chi connectivity index (χ4v) is 3.68. The van der Waals surface area contributed by atoms with Crippen LogP contribution in [0.1, 0.15) is 24.7 Å². The summed E-state index contributed by atoms with van der Waals surface area (Å²) in [6, 6.07) is 7.72. The average Bonchev–Trinajstić information content (AvgIpc) is 3.02. The third-order valence-electron chi connectivity index (χ3n) is 4.78.